The summed E-state index contributed by atoms with van der Waals surface area (Å²) in [4.78, 5) is 18.7. The van der Waals surface area contributed by atoms with Crippen molar-refractivity contribution in [2.45, 2.75) is 44.8 Å². The topological polar surface area (TPSA) is 36.0 Å². The Bertz CT molecular complexity index is 575. The van der Waals surface area contributed by atoms with E-state index in [4.69, 9.17) is 4.74 Å². The van der Waals surface area contributed by atoms with E-state index in [-0.39, 0.29) is 12.2 Å². The molecule has 1 atom stereocenters. The van der Waals surface area contributed by atoms with E-state index in [9.17, 15) is 4.79 Å². The quantitative estimate of drug-likeness (QED) is 0.854. The summed E-state index contributed by atoms with van der Waals surface area (Å²) in [6, 6.07) is 9.18. The van der Waals surface area contributed by atoms with Crippen LogP contribution in [-0.4, -0.2) is 55.9 Å². The third-order valence-electron chi connectivity index (χ3n) is 5.64. The van der Waals surface area contributed by atoms with Crippen molar-refractivity contribution >= 4 is 17.5 Å². The van der Waals surface area contributed by atoms with Gasteiger partial charge in [0.25, 0.3) is 0 Å². The minimum atomic E-state index is -0.236. The lowest BCUT2D eigenvalue weighted by atomic mass is 10.1. The molecule has 1 amide bonds. The fraction of sp³-hybridized carbons (Fsp3) is 0.632. The van der Waals surface area contributed by atoms with Gasteiger partial charge in [0.15, 0.2) is 0 Å². The smallest absolute Gasteiger partial charge is 0.414 e. The van der Waals surface area contributed by atoms with Crippen LogP contribution in [0.2, 0.25) is 0 Å². The summed E-state index contributed by atoms with van der Waals surface area (Å²) in [7, 11) is 0. The van der Waals surface area contributed by atoms with Crippen LogP contribution in [-0.2, 0) is 4.74 Å². The van der Waals surface area contributed by atoms with E-state index < -0.39 is 0 Å². The molecule has 5 nitrogen and oxygen atoms in total. The Morgan fingerprint density at radius 3 is 2.17 bits per heavy atom. The van der Waals surface area contributed by atoms with E-state index >= 15 is 0 Å². The molecule has 1 aliphatic carbocycles. The van der Waals surface area contributed by atoms with Crippen molar-refractivity contribution < 1.29 is 9.53 Å². The lowest BCUT2D eigenvalue weighted by Gasteiger charge is -2.39. The maximum Gasteiger partial charge on any atom is 0.414 e. The zero-order valence-corrected chi connectivity index (χ0v) is 14.5. The number of hydrogen-bond donors (Lipinski definition) is 0. The van der Waals surface area contributed by atoms with Crippen molar-refractivity contribution in [1.29, 1.82) is 0 Å². The third-order valence-corrected chi connectivity index (χ3v) is 5.64. The van der Waals surface area contributed by atoms with Crippen molar-refractivity contribution in [3.05, 3.63) is 24.3 Å². The summed E-state index contributed by atoms with van der Waals surface area (Å²) in [5, 5.41) is 0. The van der Waals surface area contributed by atoms with Crippen LogP contribution < -0.4 is 9.80 Å². The molecule has 2 aliphatic heterocycles. The first-order valence-corrected chi connectivity index (χ1v) is 9.28. The molecule has 1 aromatic carbocycles. The minimum Gasteiger partial charge on any atom is -0.444 e. The van der Waals surface area contributed by atoms with Gasteiger partial charge in [0.05, 0.1) is 6.54 Å². The van der Waals surface area contributed by atoms with E-state index in [0.29, 0.717) is 6.54 Å². The molecule has 1 unspecified atom stereocenters. The zero-order chi connectivity index (χ0) is 16.5. The summed E-state index contributed by atoms with van der Waals surface area (Å²) in [6.07, 6.45) is 5.33. The fourth-order valence-electron chi connectivity index (χ4n) is 4.27. The normalized spacial score (nSPS) is 26.2. The highest BCUT2D eigenvalue weighted by atomic mass is 16.6. The van der Waals surface area contributed by atoms with E-state index in [1.54, 1.807) is 4.90 Å². The van der Waals surface area contributed by atoms with Crippen LogP contribution >= 0.6 is 0 Å². The van der Waals surface area contributed by atoms with Crippen molar-refractivity contribution in [3.63, 3.8) is 0 Å². The molecule has 24 heavy (non-hydrogen) atoms. The summed E-state index contributed by atoms with van der Waals surface area (Å²) in [5.41, 5.74) is 2.18. The summed E-state index contributed by atoms with van der Waals surface area (Å²) >= 11 is 0. The van der Waals surface area contributed by atoms with Gasteiger partial charge in [0, 0.05) is 43.6 Å². The van der Waals surface area contributed by atoms with E-state index in [1.165, 1.54) is 44.5 Å². The van der Waals surface area contributed by atoms with Crippen molar-refractivity contribution in [3.8, 4) is 0 Å². The Hall–Kier alpha value is -1.75. The molecule has 3 aliphatic rings. The Morgan fingerprint density at radius 1 is 0.958 bits per heavy atom. The third kappa shape index (κ3) is 3.09. The summed E-state index contributed by atoms with van der Waals surface area (Å²) in [6.45, 7) is 7.09. The Morgan fingerprint density at radius 2 is 1.58 bits per heavy atom. The van der Waals surface area contributed by atoms with Crippen molar-refractivity contribution in [2.75, 3.05) is 42.5 Å². The number of carbonyl (C=O) groups is 1. The highest BCUT2D eigenvalue weighted by molar-refractivity contribution is 5.89. The van der Waals surface area contributed by atoms with Crippen molar-refractivity contribution in [1.82, 2.24) is 4.90 Å². The Balaban J connectivity index is 1.36. The van der Waals surface area contributed by atoms with Gasteiger partial charge in [-0.2, -0.15) is 0 Å². The predicted octanol–water partition coefficient (Wildman–Crippen LogP) is 3.10. The molecule has 4 rings (SSSR count). The molecule has 0 N–H and O–H groups in total. The Kier molecular flexibility index (Phi) is 4.35. The second-order valence-electron chi connectivity index (χ2n) is 7.28. The molecule has 2 heterocycles. The number of ether oxygens (including phenoxy) is 1. The highest BCUT2D eigenvalue weighted by Gasteiger charge is 2.30. The monoisotopic (exact) mass is 329 g/mol. The molecular weight excluding hydrogens is 302 g/mol. The second kappa shape index (κ2) is 6.63. The maximum absolute atomic E-state index is 11.8. The van der Waals surface area contributed by atoms with Gasteiger partial charge >= 0.3 is 6.09 Å². The first-order chi connectivity index (χ1) is 11.7. The number of anilines is 2. The fourth-order valence-corrected chi connectivity index (χ4v) is 4.27. The number of nitrogens with zero attached hydrogens (tertiary/aromatic N) is 3. The lowest BCUT2D eigenvalue weighted by Crippen LogP contribution is -2.49. The Labute approximate surface area is 144 Å². The number of benzene rings is 1. The van der Waals surface area contributed by atoms with Gasteiger partial charge < -0.3 is 9.64 Å². The molecule has 1 aromatic rings. The van der Waals surface area contributed by atoms with Crippen LogP contribution in [0, 0.1) is 0 Å². The molecule has 2 saturated heterocycles. The number of amides is 1. The predicted molar refractivity (Wildman–Crippen MR) is 95.8 cm³/mol. The van der Waals surface area contributed by atoms with Gasteiger partial charge in [-0.05, 0) is 44.0 Å². The number of carbonyl (C=O) groups excluding carboxylic acids is 1. The molecule has 0 aromatic heterocycles. The highest BCUT2D eigenvalue weighted by Crippen LogP contribution is 2.27. The standard InChI is InChI=1S/C19H27N3O2/c1-15-14-22(19(23)24-15)18-8-6-17(7-9-18)21-12-10-20(11-13-21)16-4-2-3-5-16/h6-9,15-16H,2-5,10-14H2,1H3. The molecular formula is C19H27N3O2. The number of piperazine rings is 1. The molecule has 130 valence electrons. The summed E-state index contributed by atoms with van der Waals surface area (Å²) < 4.78 is 5.21. The van der Waals surface area contributed by atoms with Crippen LogP contribution in [0.25, 0.3) is 0 Å². The first-order valence-electron chi connectivity index (χ1n) is 9.28. The molecule has 1 saturated carbocycles. The summed E-state index contributed by atoms with van der Waals surface area (Å²) in [5.74, 6) is 0. The van der Waals surface area contributed by atoms with E-state index in [1.807, 2.05) is 19.1 Å². The van der Waals surface area contributed by atoms with Gasteiger partial charge in [-0.15, -0.1) is 0 Å². The molecule has 0 spiro atoms. The average molecular weight is 329 g/mol. The molecule has 0 radical (unpaired) electrons. The van der Waals surface area contributed by atoms with Crippen LogP contribution in [0.5, 0.6) is 0 Å². The first kappa shape index (κ1) is 15.8. The SMILES string of the molecule is CC1CN(c2ccc(N3CCN(C4CCCC4)CC3)cc2)C(=O)O1. The van der Waals surface area contributed by atoms with Crippen LogP contribution in [0.4, 0.5) is 16.2 Å². The average Bonchev–Trinajstić information content (AvgIpc) is 3.25. The van der Waals surface area contributed by atoms with Crippen LogP contribution in [0.15, 0.2) is 24.3 Å². The lowest BCUT2D eigenvalue weighted by molar-refractivity contribution is 0.150. The van der Waals surface area contributed by atoms with Crippen LogP contribution in [0.1, 0.15) is 32.6 Å². The van der Waals surface area contributed by atoms with Gasteiger partial charge in [-0.1, -0.05) is 12.8 Å². The van der Waals surface area contributed by atoms with Gasteiger partial charge in [0.2, 0.25) is 0 Å². The van der Waals surface area contributed by atoms with Gasteiger partial charge in [0.1, 0.15) is 6.10 Å². The largest absolute Gasteiger partial charge is 0.444 e. The van der Waals surface area contributed by atoms with Gasteiger partial charge in [-0.25, -0.2) is 4.79 Å². The minimum absolute atomic E-state index is 0.0270. The molecule has 3 fully saturated rings. The molecule has 5 heteroatoms. The molecule has 0 bridgehead atoms. The maximum atomic E-state index is 11.8. The zero-order valence-electron chi connectivity index (χ0n) is 14.5. The van der Waals surface area contributed by atoms with Crippen LogP contribution in [0.3, 0.4) is 0 Å². The van der Waals surface area contributed by atoms with E-state index in [2.05, 4.69) is 21.9 Å². The van der Waals surface area contributed by atoms with Crippen molar-refractivity contribution in [2.24, 2.45) is 0 Å². The second-order valence-corrected chi connectivity index (χ2v) is 7.28. The van der Waals surface area contributed by atoms with Gasteiger partial charge in [-0.3, -0.25) is 9.80 Å². The number of hydrogen-bond acceptors (Lipinski definition) is 4. The number of rotatable bonds is 3. The van der Waals surface area contributed by atoms with E-state index in [0.717, 1.165) is 24.8 Å². The number of cyclic esters (lactones) is 1.